The average molecular weight is 1210 g/mol. The second-order valence-corrected chi connectivity index (χ2v) is 27.3. The highest BCUT2D eigenvalue weighted by molar-refractivity contribution is 5.87. The number of benzene rings is 7. The first kappa shape index (κ1) is 69.4. The molecular weight excluding hydrogens is 1100 g/mol. The van der Waals surface area contributed by atoms with Crippen molar-refractivity contribution in [2.45, 2.75) is 203 Å². The van der Waals surface area contributed by atoms with E-state index in [2.05, 4.69) is 279 Å². The minimum atomic E-state index is 0.492. The predicted octanol–water partition coefficient (Wildman–Crippen LogP) is 21.8. The molecule has 7 aromatic carbocycles. The molecule has 4 aliphatic rings. The van der Waals surface area contributed by atoms with Crippen LogP contribution in [0, 0.1) is 0 Å². The van der Waals surface area contributed by atoms with Crippen molar-refractivity contribution >= 4 is 38.0 Å². The lowest BCUT2D eigenvalue weighted by Gasteiger charge is -2.22. The van der Waals surface area contributed by atoms with Gasteiger partial charge in [0, 0.05) is 66.6 Å². The average Bonchev–Trinajstić information content (AvgIpc) is 3.07. The van der Waals surface area contributed by atoms with Crippen LogP contribution in [0.4, 0.5) is 5.69 Å². The molecule has 3 N–H and O–H groups in total. The van der Waals surface area contributed by atoms with Crippen LogP contribution in [-0.2, 0) is 45.2 Å². The van der Waals surface area contributed by atoms with Gasteiger partial charge in [0.1, 0.15) is 0 Å². The maximum absolute atomic E-state index is 4.46. The van der Waals surface area contributed by atoms with Gasteiger partial charge in [0.05, 0.1) is 5.69 Å². The highest BCUT2D eigenvalue weighted by Crippen LogP contribution is 2.32. The van der Waals surface area contributed by atoms with Gasteiger partial charge in [-0.3, -0.25) is 15.0 Å². The van der Waals surface area contributed by atoms with Crippen LogP contribution in [0.5, 0.6) is 0 Å². The number of aromatic nitrogens is 3. The predicted molar refractivity (Wildman–Crippen MR) is 394 cm³/mol. The Balaban J connectivity index is 0.000000137. The Hall–Kier alpha value is -7.51. The molecule has 91 heavy (non-hydrogen) atoms. The summed E-state index contributed by atoms with van der Waals surface area (Å²) in [7, 11) is 0. The molecule has 6 nitrogen and oxygen atoms in total. The van der Waals surface area contributed by atoms with Crippen LogP contribution in [0.1, 0.15) is 236 Å². The van der Waals surface area contributed by atoms with Crippen molar-refractivity contribution in [2.24, 2.45) is 0 Å². The summed E-state index contributed by atoms with van der Waals surface area (Å²) in [6, 6.07) is 56.1. The molecule has 0 saturated carbocycles. The van der Waals surface area contributed by atoms with Crippen LogP contribution < -0.4 is 16.0 Å². The summed E-state index contributed by atoms with van der Waals surface area (Å²) in [5.41, 5.74) is 22.1. The van der Waals surface area contributed by atoms with E-state index in [0.717, 1.165) is 32.7 Å². The topological polar surface area (TPSA) is 74.8 Å². The van der Waals surface area contributed by atoms with Crippen molar-refractivity contribution in [2.75, 3.05) is 25.0 Å². The summed E-state index contributed by atoms with van der Waals surface area (Å²) < 4.78 is 0. The molecular formula is C85H108N6. The third kappa shape index (κ3) is 19.1. The Morgan fingerprint density at radius 2 is 0.813 bits per heavy atom. The largest absolute Gasteiger partial charge is 0.385 e. The van der Waals surface area contributed by atoms with Crippen molar-refractivity contribution < 1.29 is 0 Å². The summed E-state index contributed by atoms with van der Waals surface area (Å²) in [6.45, 7) is 36.9. The number of nitrogens with one attached hydrogen (secondary N) is 3. The second-order valence-electron chi connectivity index (χ2n) is 27.3. The highest BCUT2D eigenvalue weighted by Gasteiger charge is 2.18. The van der Waals surface area contributed by atoms with Crippen molar-refractivity contribution in [1.29, 1.82) is 0 Å². The van der Waals surface area contributed by atoms with E-state index in [9.17, 15) is 0 Å². The lowest BCUT2D eigenvalue weighted by Crippen LogP contribution is -2.24. The van der Waals surface area contributed by atoms with Crippen LogP contribution in [0.25, 0.3) is 32.3 Å². The van der Waals surface area contributed by atoms with Crippen molar-refractivity contribution in [3.63, 3.8) is 0 Å². The fraction of sp³-hybridized carbons (Fsp3) is 0.400. The standard InChI is InChI=1S/C13H14.3C12H17N.C12H13N.C12H17N.C12H13N/c1-10(2)12-9-5-7-11-6-3-4-8-13(11)12;1-9(2)10-5-3-7-12-11(10)6-4-8-13-12;1-9(2)11-5-3-4-10-8-13-7-6-12(10)11;1-9(2)11-5-3-4-10-6-7-13-8-12(10)11;1-9(2)12-8-13-7-10-5-3-4-6-11(10)12;1-9(2)10-7-8-13-12-6-4-3-5-11(10)12;1-9(2)12-11-6-4-3-5-10(11)7-8-13-12/h3-10H,1-2H3;3,5,7,9,13H,4,6,8H2,1-2H3;2*3-5,9,13H,6-8H2,1-2H3;3-9H,1-2H3;7-9H,3-6H2,1-2H3;3-9H,1-2H3. The van der Waals surface area contributed by atoms with Gasteiger partial charge >= 0.3 is 0 Å². The van der Waals surface area contributed by atoms with Gasteiger partial charge in [-0.15, -0.1) is 0 Å². The molecule has 6 heterocycles. The van der Waals surface area contributed by atoms with Crippen molar-refractivity contribution in [3.8, 4) is 0 Å². The summed E-state index contributed by atoms with van der Waals surface area (Å²) in [6.07, 6.45) is 17.8. The Labute approximate surface area is 549 Å². The van der Waals surface area contributed by atoms with Crippen molar-refractivity contribution in [1.82, 2.24) is 25.6 Å². The monoisotopic (exact) mass is 1210 g/mol. The Bertz CT molecular complexity index is 3400. The number of anilines is 1. The van der Waals surface area contributed by atoms with E-state index in [4.69, 9.17) is 0 Å². The van der Waals surface area contributed by atoms with Gasteiger partial charge in [0.15, 0.2) is 0 Å². The second kappa shape index (κ2) is 34.8. The van der Waals surface area contributed by atoms with Crippen molar-refractivity contribution in [3.05, 3.63) is 261 Å². The molecule has 3 aromatic heterocycles. The number of hydrogen-bond acceptors (Lipinski definition) is 6. The normalized spacial score (nSPS) is 13.7. The van der Waals surface area contributed by atoms with Gasteiger partial charge in [-0.2, -0.15) is 0 Å². The highest BCUT2D eigenvalue weighted by atomic mass is 14.9. The van der Waals surface area contributed by atoms with Crippen LogP contribution in [0.2, 0.25) is 0 Å². The third-order valence-electron chi connectivity index (χ3n) is 18.3. The lowest BCUT2D eigenvalue weighted by atomic mass is 9.88. The number of fused-ring (bicyclic) bond motifs is 7. The first-order chi connectivity index (χ1) is 44.0. The molecule has 0 fully saturated rings. The summed E-state index contributed by atoms with van der Waals surface area (Å²) in [4.78, 5) is 13.1. The summed E-state index contributed by atoms with van der Waals surface area (Å²) in [5, 5.41) is 18.1. The van der Waals surface area contributed by atoms with E-state index < -0.39 is 0 Å². The van der Waals surface area contributed by atoms with Gasteiger partial charge in [0.25, 0.3) is 0 Å². The Morgan fingerprint density at radius 1 is 0.319 bits per heavy atom. The van der Waals surface area contributed by atoms with Gasteiger partial charge in [-0.25, -0.2) is 0 Å². The van der Waals surface area contributed by atoms with E-state index in [1.807, 2.05) is 30.9 Å². The SMILES string of the molecule is CC(C)c1cccc2c1CCCN2.CC(C)c1cccc2c1CCNC2.CC(C)c1cccc2c1CNCC2.CC(C)c1cccc2ccccc12.CC(C)c1ccnc2c1CCCC2.CC(C)c1cncc2ccccc12.CC(C)c1nccc2ccccc12. The molecule has 0 amide bonds. The van der Waals surface area contributed by atoms with E-state index in [0.29, 0.717) is 41.4 Å². The molecule has 0 bridgehead atoms. The minimum absolute atomic E-state index is 0.492. The molecule has 1 aliphatic carbocycles. The number of aryl methyl sites for hydroxylation is 1. The van der Waals surface area contributed by atoms with Gasteiger partial charge in [0.2, 0.25) is 0 Å². The molecule has 3 aliphatic heterocycles. The zero-order valence-corrected chi connectivity index (χ0v) is 57.9. The Kier molecular flexibility index (Phi) is 26.5. The molecule has 0 unspecified atom stereocenters. The molecule has 14 rings (SSSR count). The molecule has 478 valence electrons. The summed E-state index contributed by atoms with van der Waals surface area (Å²) in [5.74, 6) is 4.24. The molecule has 10 aromatic rings. The molecule has 0 saturated heterocycles. The number of rotatable bonds is 7. The van der Waals surface area contributed by atoms with E-state index in [1.165, 1.54) is 134 Å². The number of nitrogens with zero attached hydrogens (tertiary/aromatic N) is 3. The number of hydrogen-bond donors (Lipinski definition) is 3. The Morgan fingerprint density at radius 3 is 1.48 bits per heavy atom. The number of pyridine rings is 3. The fourth-order valence-corrected chi connectivity index (χ4v) is 13.4. The smallest absolute Gasteiger partial charge is 0.0507 e. The van der Waals surface area contributed by atoms with E-state index >= 15 is 0 Å². The van der Waals surface area contributed by atoms with Gasteiger partial charge < -0.3 is 16.0 Å². The molecule has 0 radical (unpaired) electrons. The summed E-state index contributed by atoms with van der Waals surface area (Å²) >= 11 is 0. The van der Waals surface area contributed by atoms with Crippen LogP contribution >= 0.6 is 0 Å². The third-order valence-corrected chi connectivity index (χ3v) is 18.3. The molecule has 0 atom stereocenters. The van der Waals surface area contributed by atoms with E-state index in [-0.39, 0.29) is 0 Å². The first-order valence-corrected chi connectivity index (χ1v) is 34.6. The molecule has 0 spiro atoms. The van der Waals surface area contributed by atoms with E-state index in [1.54, 1.807) is 33.4 Å². The maximum Gasteiger partial charge on any atom is 0.0507 e. The van der Waals surface area contributed by atoms with Gasteiger partial charge in [-0.05, 0) is 212 Å². The molecule has 6 heteroatoms. The van der Waals surface area contributed by atoms with Crippen LogP contribution in [0.3, 0.4) is 0 Å². The van der Waals surface area contributed by atoms with Gasteiger partial charge in [-0.1, -0.05) is 236 Å². The quantitative estimate of drug-likeness (QED) is 0.148. The van der Waals surface area contributed by atoms with Crippen LogP contribution in [0.15, 0.2) is 183 Å². The zero-order chi connectivity index (χ0) is 64.8. The minimum Gasteiger partial charge on any atom is -0.385 e. The maximum atomic E-state index is 4.46. The van der Waals surface area contributed by atoms with Crippen LogP contribution in [-0.4, -0.2) is 34.6 Å². The zero-order valence-electron chi connectivity index (χ0n) is 57.9. The lowest BCUT2D eigenvalue weighted by molar-refractivity contribution is 0.632. The fourth-order valence-electron chi connectivity index (χ4n) is 13.4. The first-order valence-electron chi connectivity index (χ1n) is 34.6.